The van der Waals surface area contributed by atoms with Crippen LogP contribution in [0, 0.1) is 0 Å². The molecule has 152 valence electrons. The summed E-state index contributed by atoms with van der Waals surface area (Å²) in [6.07, 6.45) is 2.18. The topological polar surface area (TPSA) is 36.9 Å². The molecule has 28 heavy (non-hydrogen) atoms. The van der Waals surface area contributed by atoms with Crippen molar-refractivity contribution in [3.8, 4) is 0 Å². The van der Waals surface area contributed by atoms with Gasteiger partial charge in [0.1, 0.15) is 0 Å². The Kier molecular flexibility index (Phi) is 5.42. The average Bonchev–Trinajstić information content (AvgIpc) is 2.92. The van der Waals surface area contributed by atoms with Crippen molar-refractivity contribution in [3.63, 3.8) is 0 Å². The van der Waals surface area contributed by atoms with E-state index in [-0.39, 0.29) is 5.72 Å². The van der Waals surface area contributed by atoms with Gasteiger partial charge in [0, 0.05) is 5.72 Å². The minimum Gasteiger partial charge on any atom is -0.403 e. The second-order valence-electron chi connectivity index (χ2n) is 10.0. The molecular weight excluding hydrogens is 350 g/mol. The smallest absolute Gasteiger partial charge is 0.403 e. The highest BCUT2D eigenvalue weighted by molar-refractivity contribution is 6.69. The fourth-order valence-corrected chi connectivity index (χ4v) is 3.46. The van der Waals surface area contributed by atoms with Gasteiger partial charge in [0.25, 0.3) is 0 Å². The Labute approximate surface area is 171 Å². The van der Waals surface area contributed by atoms with E-state index in [1.165, 1.54) is 5.56 Å². The SMILES string of the molecule is C/C(=C\C(B1OC(C)(C)C(C)(C)O1)B1OC(C)(C)C(C)(C)O1)c1ccccc1. The number of hydrogen-bond acceptors (Lipinski definition) is 4. The Morgan fingerprint density at radius 1 is 0.714 bits per heavy atom. The molecule has 0 unspecified atom stereocenters. The van der Waals surface area contributed by atoms with Crippen molar-refractivity contribution in [1.29, 1.82) is 0 Å². The summed E-state index contributed by atoms with van der Waals surface area (Å²) in [5, 5.41) is 0. The van der Waals surface area contributed by atoms with E-state index in [9.17, 15) is 0 Å². The molecule has 1 aromatic rings. The van der Waals surface area contributed by atoms with Crippen LogP contribution >= 0.6 is 0 Å². The summed E-state index contributed by atoms with van der Waals surface area (Å²) in [4.78, 5) is 0. The molecule has 1 aromatic carbocycles. The molecule has 0 amide bonds. The van der Waals surface area contributed by atoms with E-state index in [0.29, 0.717) is 0 Å². The predicted molar refractivity (Wildman–Crippen MR) is 116 cm³/mol. The summed E-state index contributed by atoms with van der Waals surface area (Å²) in [7, 11) is -0.892. The fourth-order valence-electron chi connectivity index (χ4n) is 3.46. The maximum absolute atomic E-state index is 6.38. The highest BCUT2D eigenvalue weighted by Crippen LogP contribution is 2.46. The van der Waals surface area contributed by atoms with Gasteiger partial charge in [-0.2, -0.15) is 0 Å². The van der Waals surface area contributed by atoms with E-state index >= 15 is 0 Å². The van der Waals surface area contributed by atoms with E-state index in [0.717, 1.165) is 5.57 Å². The van der Waals surface area contributed by atoms with Gasteiger partial charge >= 0.3 is 14.2 Å². The normalized spacial score (nSPS) is 25.6. The van der Waals surface area contributed by atoms with Gasteiger partial charge in [-0.1, -0.05) is 36.4 Å². The van der Waals surface area contributed by atoms with Gasteiger partial charge in [0.05, 0.1) is 22.4 Å². The van der Waals surface area contributed by atoms with Crippen LogP contribution < -0.4 is 0 Å². The van der Waals surface area contributed by atoms with Crippen LogP contribution in [-0.4, -0.2) is 36.6 Å². The monoisotopic (exact) mass is 384 g/mol. The lowest BCUT2D eigenvalue weighted by Gasteiger charge is -2.32. The second-order valence-corrected chi connectivity index (χ2v) is 10.0. The average molecular weight is 384 g/mol. The first-order valence-electron chi connectivity index (χ1n) is 10.2. The van der Waals surface area contributed by atoms with Crippen molar-refractivity contribution >= 4 is 19.8 Å². The van der Waals surface area contributed by atoms with Gasteiger partial charge in [-0.25, -0.2) is 0 Å². The fraction of sp³-hybridized carbons (Fsp3) is 0.636. The van der Waals surface area contributed by atoms with Gasteiger partial charge in [-0.3, -0.25) is 0 Å². The number of hydrogen-bond donors (Lipinski definition) is 0. The van der Waals surface area contributed by atoms with Gasteiger partial charge in [0.15, 0.2) is 0 Å². The van der Waals surface area contributed by atoms with Crippen molar-refractivity contribution in [2.45, 2.75) is 90.4 Å². The van der Waals surface area contributed by atoms with Gasteiger partial charge in [0.2, 0.25) is 0 Å². The maximum atomic E-state index is 6.38. The highest BCUT2D eigenvalue weighted by Gasteiger charge is 2.61. The Hall–Kier alpha value is -1.07. The zero-order valence-corrected chi connectivity index (χ0v) is 18.8. The molecule has 0 spiro atoms. The zero-order chi connectivity index (χ0) is 21.0. The van der Waals surface area contributed by atoms with E-state index < -0.39 is 36.6 Å². The summed E-state index contributed by atoms with van der Waals surface area (Å²) >= 11 is 0. The lowest BCUT2D eigenvalue weighted by atomic mass is 9.51. The number of allylic oxidation sites excluding steroid dienone is 2. The Balaban J connectivity index is 1.96. The molecule has 2 aliphatic rings. The third kappa shape index (κ3) is 3.85. The van der Waals surface area contributed by atoms with Crippen molar-refractivity contribution in [3.05, 3.63) is 42.0 Å². The summed E-state index contributed by atoms with van der Waals surface area (Å²) in [5.74, 6) is 0. The summed E-state index contributed by atoms with van der Waals surface area (Å²) in [6, 6.07) is 10.3. The first-order chi connectivity index (χ1) is 12.8. The molecule has 0 radical (unpaired) electrons. The van der Waals surface area contributed by atoms with Crippen molar-refractivity contribution < 1.29 is 18.6 Å². The van der Waals surface area contributed by atoms with Gasteiger partial charge in [-0.15, -0.1) is 0 Å². The van der Waals surface area contributed by atoms with Crippen molar-refractivity contribution in [2.75, 3.05) is 0 Å². The molecule has 4 nitrogen and oxygen atoms in total. The Morgan fingerprint density at radius 2 is 1.07 bits per heavy atom. The zero-order valence-electron chi connectivity index (χ0n) is 18.8. The first kappa shape index (κ1) is 21.6. The molecule has 2 aliphatic heterocycles. The third-order valence-corrected chi connectivity index (χ3v) is 6.84. The molecule has 0 atom stereocenters. The minimum atomic E-state index is -0.446. The van der Waals surface area contributed by atoms with Crippen LogP contribution in [0.2, 0.25) is 5.72 Å². The molecule has 0 saturated carbocycles. The lowest BCUT2D eigenvalue weighted by molar-refractivity contribution is 0.00578. The summed E-state index contributed by atoms with van der Waals surface area (Å²) in [6.45, 7) is 18.7. The van der Waals surface area contributed by atoms with Crippen molar-refractivity contribution in [2.24, 2.45) is 0 Å². The van der Waals surface area contributed by atoms with E-state index in [1.807, 2.05) is 18.2 Å². The first-order valence-corrected chi connectivity index (χ1v) is 10.2. The standard InChI is InChI=1S/C22H34B2O4/c1-16(17-13-11-10-12-14-17)15-18(23-25-19(2,3)20(4,5)26-23)24-27-21(6,7)22(8,9)28-24/h10-15,18H,1-9H3/b16-15+. The van der Waals surface area contributed by atoms with Crippen LogP contribution in [0.5, 0.6) is 0 Å². The molecule has 0 bridgehead atoms. The van der Waals surface area contributed by atoms with E-state index in [2.05, 4.69) is 80.5 Å². The number of benzene rings is 1. The second kappa shape index (κ2) is 7.02. The molecule has 2 fully saturated rings. The molecule has 2 heterocycles. The quantitative estimate of drug-likeness (QED) is 0.671. The molecule has 0 aromatic heterocycles. The van der Waals surface area contributed by atoms with Crippen LogP contribution in [-0.2, 0) is 18.6 Å². The largest absolute Gasteiger partial charge is 0.462 e. The van der Waals surface area contributed by atoms with E-state index in [4.69, 9.17) is 18.6 Å². The van der Waals surface area contributed by atoms with E-state index in [1.54, 1.807) is 0 Å². The molecule has 2 saturated heterocycles. The lowest BCUT2D eigenvalue weighted by Crippen LogP contribution is -2.41. The maximum Gasteiger partial charge on any atom is 0.462 e. The highest BCUT2D eigenvalue weighted by atomic mass is 16.7. The Morgan fingerprint density at radius 3 is 1.43 bits per heavy atom. The van der Waals surface area contributed by atoms with Crippen LogP contribution in [0.3, 0.4) is 0 Å². The third-order valence-electron chi connectivity index (χ3n) is 6.84. The minimum absolute atomic E-state index is 0.192. The van der Waals surface area contributed by atoms with Crippen LogP contribution in [0.25, 0.3) is 5.57 Å². The number of rotatable bonds is 4. The van der Waals surface area contributed by atoms with Crippen LogP contribution in [0.15, 0.2) is 36.4 Å². The summed E-state index contributed by atoms with van der Waals surface area (Å²) in [5.41, 5.74) is 0.488. The molecule has 6 heteroatoms. The van der Waals surface area contributed by atoms with Gasteiger partial charge in [-0.05, 0) is 73.5 Å². The predicted octanol–water partition coefficient (Wildman–Crippen LogP) is 5.18. The van der Waals surface area contributed by atoms with Crippen molar-refractivity contribution in [1.82, 2.24) is 0 Å². The molecular formula is C22H34B2O4. The molecule has 0 N–H and O–H groups in total. The summed E-state index contributed by atoms with van der Waals surface area (Å²) < 4.78 is 25.5. The van der Waals surface area contributed by atoms with Gasteiger partial charge < -0.3 is 18.6 Å². The van der Waals surface area contributed by atoms with Crippen LogP contribution in [0.1, 0.15) is 67.9 Å². The van der Waals surface area contributed by atoms with Crippen LogP contribution in [0.4, 0.5) is 0 Å². The molecule has 0 aliphatic carbocycles. The molecule has 3 rings (SSSR count). The Bertz CT molecular complexity index is 672.